The maximum absolute atomic E-state index is 13.1. The molecule has 0 saturated carbocycles. The number of piperidine rings is 1. The van der Waals surface area contributed by atoms with E-state index in [4.69, 9.17) is 4.74 Å². The van der Waals surface area contributed by atoms with E-state index in [0.717, 1.165) is 38.5 Å². The van der Waals surface area contributed by atoms with Crippen molar-refractivity contribution in [3.8, 4) is 0 Å². The summed E-state index contributed by atoms with van der Waals surface area (Å²) in [7, 11) is 0. The number of carbonyl (C=O) groups excluding carboxylic acids is 1. The molecule has 0 bridgehead atoms. The second kappa shape index (κ2) is 9.33. The third-order valence-corrected chi connectivity index (χ3v) is 6.21. The van der Waals surface area contributed by atoms with E-state index in [1.165, 1.54) is 18.6 Å². The number of hydrogen-bond donors (Lipinski definition) is 0. The zero-order valence-corrected chi connectivity index (χ0v) is 17.0. The van der Waals surface area contributed by atoms with Crippen molar-refractivity contribution in [1.82, 2.24) is 4.90 Å². The van der Waals surface area contributed by atoms with Crippen molar-refractivity contribution in [2.45, 2.75) is 51.6 Å². The van der Waals surface area contributed by atoms with Gasteiger partial charge in [0, 0.05) is 6.54 Å². The van der Waals surface area contributed by atoms with Crippen LogP contribution in [0.3, 0.4) is 0 Å². The van der Waals surface area contributed by atoms with Crippen LogP contribution in [0.2, 0.25) is 0 Å². The number of carbonyl (C=O) groups is 1. The topological polar surface area (TPSA) is 29.5 Å². The molecule has 1 aromatic rings. The van der Waals surface area contributed by atoms with E-state index < -0.39 is 17.2 Å². The van der Waals surface area contributed by atoms with Gasteiger partial charge in [-0.25, -0.2) is 0 Å². The molecular weight excluding hydrogens is 379 g/mol. The zero-order chi connectivity index (χ0) is 20.9. The van der Waals surface area contributed by atoms with Gasteiger partial charge in [0.05, 0.1) is 17.6 Å². The maximum atomic E-state index is 13.1. The van der Waals surface area contributed by atoms with Gasteiger partial charge in [0.15, 0.2) is 0 Å². The summed E-state index contributed by atoms with van der Waals surface area (Å²) < 4.78 is 44.6. The van der Waals surface area contributed by atoms with Crippen LogP contribution in [-0.2, 0) is 22.1 Å². The van der Waals surface area contributed by atoms with Crippen LogP contribution in [0.5, 0.6) is 0 Å². The smallest absolute Gasteiger partial charge is 0.416 e. The Bertz CT molecular complexity index is 721. The van der Waals surface area contributed by atoms with E-state index in [0.29, 0.717) is 24.3 Å². The molecule has 1 aliphatic carbocycles. The van der Waals surface area contributed by atoms with Gasteiger partial charge in [0.1, 0.15) is 0 Å². The summed E-state index contributed by atoms with van der Waals surface area (Å²) in [5, 5.41) is 0. The number of ether oxygens (including phenoxy) is 1. The normalized spacial score (nSPS) is 22.4. The van der Waals surface area contributed by atoms with Crippen LogP contribution >= 0.6 is 0 Å². The molecular formula is C23H30F3NO2. The predicted octanol–water partition coefficient (Wildman–Crippen LogP) is 5.25. The van der Waals surface area contributed by atoms with Gasteiger partial charge in [-0.2, -0.15) is 13.2 Å². The number of likely N-dealkylation sites (tertiary alicyclic amines) is 1. The molecule has 0 radical (unpaired) electrons. The Labute approximate surface area is 170 Å². The number of benzene rings is 1. The third-order valence-electron chi connectivity index (χ3n) is 6.21. The van der Waals surface area contributed by atoms with Crippen LogP contribution in [-0.4, -0.2) is 37.1 Å². The summed E-state index contributed by atoms with van der Waals surface area (Å²) in [6.07, 6.45) is 5.03. The fraction of sp³-hybridized carbons (Fsp3) is 0.609. The molecule has 29 heavy (non-hydrogen) atoms. The molecule has 3 rings (SSSR count). The molecule has 0 unspecified atom stereocenters. The molecule has 1 fully saturated rings. The Morgan fingerprint density at radius 1 is 1.24 bits per heavy atom. The molecule has 2 aliphatic rings. The number of hydrogen-bond acceptors (Lipinski definition) is 3. The monoisotopic (exact) mass is 409 g/mol. The molecule has 1 aliphatic heterocycles. The summed E-state index contributed by atoms with van der Waals surface area (Å²) in [4.78, 5) is 15.2. The van der Waals surface area contributed by atoms with Gasteiger partial charge in [0.25, 0.3) is 0 Å². The van der Waals surface area contributed by atoms with Crippen LogP contribution in [0.15, 0.2) is 36.4 Å². The Balaban J connectivity index is 1.71. The number of halogens is 3. The fourth-order valence-corrected chi connectivity index (χ4v) is 4.54. The average molecular weight is 409 g/mol. The van der Waals surface area contributed by atoms with Crippen LogP contribution in [0.25, 0.3) is 0 Å². The van der Waals surface area contributed by atoms with E-state index in [9.17, 15) is 18.0 Å². The first kappa shape index (κ1) is 21.9. The molecule has 0 spiro atoms. The zero-order valence-electron chi connectivity index (χ0n) is 17.0. The number of rotatable bonds is 6. The Morgan fingerprint density at radius 3 is 2.62 bits per heavy atom. The number of alkyl halides is 3. The van der Waals surface area contributed by atoms with Crippen molar-refractivity contribution in [3.05, 3.63) is 47.5 Å². The highest BCUT2D eigenvalue weighted by Crippen LogP contribution is 2.38. The minimum atomic E-state index is -4.38. The van der Waals surface area contributed by atoms with Crippen molar-refractivity contribution in [1.29, 1.82) is 0 Å². The van der Waals surface area contributed by atoms with Gasteiger partial charge >= 0.3 is 12.1 Å². The van der Waals surface area contributed by atoms with E-state index >= 15 is 0 Å². The fourth-order valence-electron chi connectivity index (χ4n) is 4.54. The Hall–Kier alpha value is -1.82. The molecule has 0 N–H and O–H groups in total. The van der Waals surface area contributed by atoms with Gasteiger partial charge in [0.2, 0.25) is 0 Å². The average Bonchev–Trinajstić information content (AvgIpc) is 2.70. The van der Waals surface area contributed by atoms with Crippen molar-refractivity contribution < 1.29 is 22.7 Å². The first-order valence-electron chi connectivity index (χ1n) is 10.5. The van der Waals surface area contributed by atoms with Crippen molar-refractivity contribution in [3.63, 3.8) is 0 Å². The van der Waals surface area contributed by atoms with Gasteiger partial charge in [-0.05, 0) is 76.1 Å². The number of allylic oxidation sites excluding steroid dienone is 2. The second-order valence-corrected chi connectivity index (χ2v) is 8.33. The van der Waals surface area contributed by atoms with Crippen LogP contribution in [0.1, 0.15) is 50.2 Å². The SMILES string of the molecule is CCOC(=O)C1(Cc2cccc(C(F)(F)F)c2)CCN(C[C@H]2CC=CCC2)CC1. The molecule has 3 nitrogen and oxygen atoms in total. The minimum Gasteiger partial charge on any atom is -0.466 e. The summed E-state index contributed by atoms with van der Waals surface area (Å²) in [6, 6.07) is 5.34. The highest BCUT2D eigenvalue weighted by atomic mass is 19.4. The van der Waals surface area contributed by atoms with Crippen LogP contribution < -0.4 is 0 Å². The molecule has 1 heterocycles. The van der Waals surface area contributed by atoms with Crippen molar-refractivity contribution in [2.75, 3.05) is 26.2 Å². The largest absolute Gasteiger partial charge is 0.466 e. The first-order valence-corrected chi connectivity index (χ1v) is 10.5. The molecule has 1 saturated heterocycles. The highest BCUT2D eigenvalue weighted by Gasteiger charge is 2.43. The molecule has 6 heteroatoms. The lowest BCUT2D eigenvalue weighted by Crippen LogP contribution is -2.47. The Kier molecular flexibility index (Phi) is 7.04. The lowest BCUT2D eigenvalue weighted by molar-refractivity contribution is -0.158. The lowest BCUT2D eigenvalue weighted by atomic mass is 9.73. The summed E-state index contributed by atoms with van der Waals surface area (Å²) >= 11 is 0. The van der Waals surface area contributed by atoms with Crippen molar-refractivity contribution >= 4 is 5.97 Å². The lowest BCUT2D eigenvalue weighted by Gasteiger charge is -2.41. The van der Waals surface area contributed by atoms with Gasteiger partial charge in [-0.15, -0.1) is 0 Å². The predicted molar refractivity (Wildman–Crippen MR) is 106 cm³/mol. The molecule has 1 aromatic carbocycles. The van der Waals surface area contributed by atoms with Crippen LogP contribution in [0, 0.1) is 11.3 Å². The number of esters is 1. The summed E-state index contributed by atoms with van der Waals surface area (Å²) in [5.74, 6) is 0.372. The summed E-state index contributed by atoms with van der Waals surface area (Å²) in [5.41, 5.74) is -0.876. The third kappa shape index (κ3) is 5.62. The minimum absolute atomic E-state index is 0.279. The molecule has 0 aromatic heterocycles. The van der Waals surface area contributed by atoms with Gasteiger partial charge in [-0.3, -0.25) is 4.79 Å². The molecule has 0 amide bonds. The van der Waals surface area contributed by atoms with Gasteiger partial charge < -0.3 is 9.64 Å². The highest BCUT2D eigenvalue weighted by molar-refractivity contribution is 5.77. The van der Waals surface area contributed by atoms with Gasteiger partial charge in [-0.1, -0.05) is 30.4 Å². The van der Waals surface area contributed by atoms with E-state index in [1.807, 2.05) is 0 Å². The quantitative estimate of drug-likeness (QED) is 0.475. The summed E-state index contributed by atoms with van der Waals surface area (Å²) in [6.45, 7) is 4.62. The first-order chi connectivity index (χ1) is 13.8. The second-order valence-electron chi connectivity index (χ2n) is 8.33. The standard InChI is InChI=1S/C23H30F3NO2/c1-2-29-21(28)22(16-19-9-6-10-20(15-19)23(24,25)26)11-13-27(14-12-22)17-18-7-4-3-5-8-18/h3-4,6,9-10,15,18H,2,5,7-8,11-14,16-17H2,1H3/t18-/m0/s1. The van der Waals surface area contributed by atoms with E-state index in [1.54, 1.807) is 13.0 Å². The maximum Gasteiger partial charge on any atom is 0.416 e. The van der Waals surface area contributed by atoms with Crippen molar-refractivity contribution in [2.24, 2.45) is 11.3 Å². The van der Waals surface area contributed by atoms with E-state index in [-0.39, 0.29) is 19.0 Å². The number of nitrogens with zero attached hydrogens (tertiary/aromatic N) is 1. The molecule has 1 atom stereocenters. The Morgan fingerprint density at radius 2 is 2.00 bits per heavy atom. The molecule has 160 valence electrons. The van der Waals surface area contributed by atoms with Crippen LogP contribution in [0.4, 0.5) is 13.2 Å². The van der Waals surface area contributed by atoms with E-state index in [2.05, 4.69) is 17.1 Å².